The Morgan fingerprint density at radius 2 is 1.36 bits per heavy atom. The van der Waals surface area contributed by atoms with Crippen LogP contribution in [0.4, 0.5) is 33.6 Å². The van der Waals surface area contributed by atoms with Crippen LogP contribution in [0.5, 0.6) is 17.4 Å². The van der Waals surface area contributed by atoms with E-state index in [1.54, 1.807) is 6.92 Å². The van der Waals surface area contributed by atoms with Crippen molar-refractivity contribution in [3.63, 3.8) is 0 Å². The SMILES string of the molecule is Cc1cc(N=Nc2ccc3c(S(=O)(=O)O)c(N=Nc4cnn(-c5ccc(S(=O)(=O)O)cc5)c4O)ccc3c2O)c(OCCCS(=O)(=O)O)cc1N=Nc1nc2c(S(=O)(=O)O)cc(COC=O)cc2s1. The summed E-state index contributed by atoms with van der Waals surface area (Å²) in [7, 11) is -18.7. The number of phenols is 1. The van der Waals surface area contributed by atoms with E-state index in [1.165, 1.54) is 42.5 Å². The van der Waals surface area contributed by atoms with Gasteiger partial charge in [-0.1, -0.05) is 17.4 Å². The second-order valence-electron chi connectivity index (χ2n) is 14.2. The molecule has 7 rings (SSSR count). The topological polar surface area (TPSA) is 398 Å². The van der Waals surface area contributed by atoms with Gasteiger partial charge >= 0.3 is 0 Å². The molecule has 5 aromatic carbocycles. The van der Waals surface area contributed by atoms with Gasteiger partial charge in [0, 0.05) is 16.8 Å². The lowest BCUT2D eigenvalue weighted by Gasteiger charge is -2.11. The molecule has 0 aliphatic rings. The molecule has 0 aliphatic heterocycles. The van der Waals surface area contributed by atoms with Gasteiger partial charge in [-0.15, -0.1) is 30.7 Å². The van der Waals surface area contributed by atoms with Crippen LogP contribution < -0.4 is 4.74 Å². The third kappa shape index (κ3) is 11.6. The van der Waals surface area contributed by atoms with Crippen molar-refractivity contribution in [3.05, 3.63) is 90.1 Å². The van der Waals surface area contributed by atoms with Crippen LogP contribution in [0.3, 0.4) is 0 Å². The van der Waals surface area contributed by atoms with Gasteiger partial charge in [-0.25, -0.2) is 4.98 Å². The number of ether oxygens (including phenoxy) is 2. The molecular formula is C38H31N9O17S5. The molecule has 2 heterocycles. The molecule has 31 heteroatoms. The number of carbonyl (C=O) groups excluding carboxylic acids is 1. The molecule has 0 fully saturated rings. The van der Waals surface area contributed by atoms with E-state index in [0.717, 1.165) is 52.5 Å². The first-order chi connectivity index (χ1) is 32.4. The van der Waals surface area contributed by atoms with E-state index in [9.17, 15) is 66.9 Å². The molecule has 6 N–H and O–H groups in total. The number of hydrogen-bond acceptors (Lipinski definition) is 22. The zero-order valence-corrected chi connectivity index (χ0v) is 38.7. The lowest BCUT2D eigenvalue weighted by Crippen LogP contribution is -2.08. The summed E-state index contributed by atoms with van der Waals surface area (Å²) in [5.74, 6) is -1.93. The van der Waals surface area contributed by atoms with Crippen molar-refractivity contribution in [2.75, 3.05) is 12.4 Å². The molecule has 2 aromatic heterocycles. The average molecular weight is 1050 g/mol. The van der Waals surface area contributed by atoms with E-state index in [4.69, 9.17) is 9.47 Å². The molecular weight excluding hydrogens is 1010 g/mol. The molecule has 0 amide bonds. The monoisotopic (exact) mass is 1050 g/mol. The standard InChI is InChI=1S/C38H31N9O17S5/c1-20-13-29(31(64-11-2-12-66(51,52)53)16-28(20)43-46-38-40-34-32(65-38)14-21(18-63-19-48)15-33(34)68(57,58)59)44-41-26-9-8-25-24(35(26)49)7-10-27(36(25)69(60,61)62)42-45-30-17-39-47(37(30)50)22-3-5-23(6-4-22)67(54,55)56/h3-10,13-17,19,49-50H,2,11-12,18H2,1H3,(H,51,52,53)(H,54,55,56)(H,57,58,59)(H,60,61,62). The van der Waals surface area contributed by atoms with E-state index < -0.39 is 78.2 Å². The Labute approximate surface area is 393 Å². The lowest BCUT2D eigenvalue weighted by atomic mass is 10.1. The minimum Gasteiger partial charge on any atom is -0.505 e. The minimum atomic E-state index is -5.10. The Kier molecular flexibility index (Phi) is 14.0. The maximum atomic E-state index is 12.7. The summed E-state index contributed by atoms with van der Waals surface area (Å²) in [6.45, 7) is 1.18. The number of fused-ring (bicyclic) bond motifs is 2. The van der Waals surface area contributed by atoms with Gasteiger partial charge < -0.3 is 19.7 Å². The van der Waals surface area contributed by atoms with Gasteiger partial charge in [-0.3, -0.25) is 23.0 Å². The number of aromatic nitrogens is 3. The highest BCUT2D eigenvalue weighted by Gasteiger charge is 2.24. The van der Waals surface area contributed by atoms with Crippen LogP contribution in [0, 0.1) is 6.92 Å². The summed E-state index contributed by atoms with van der Waals surface area (Å²) >= 11 is 0.892. The Balaban J connectivity index is 1.20. The minimum absolute atomic E-state index is 0.00302. The molecule has 0 unspecified atom stereocenters. The van der Waals surface area contributed by atoms with Crippen molar-refractivity contribution in [2.45, 2.75) is 34.6 Å². The van der Waals surface area contributed by atoms with Crippen molar-refractivity contribution in [1.82, 2.24) is 14.8 Å². The van der Waals surface area contributed by atoms with Crippen molar-refractivity contribution in [1.29, 1.82) is 0 Å². The smallest absolute Gasteiger partial charge is 0.297 e. The quantitative estimate of drug-likeness (QED) is 0.0208. The molecule has 0 aliphatic carbocycles. The third-order valence-corrected chi connectivity index (χ3v) is 13.8. The first-order valence-electron chi connectivity index (χ1n) is 19.0. The van der Waals surface area contributed by atoms with Crippen LogP contribution in [0.2, 0.25) is 0 Å². The van der Waals surface area contributed by atoms with Crippen LogP contribution in [0.15, 0.2) is 124 Å². The zero-order chi connectivity index (χ0) is 50.1. The molecule has 69 heavy (non-hydrogen) atoms. The second kappa shape index (κ2) is 19.4. The Morgan fingerprint density at radius 3 is 2.03 bits per heavy atom. The van der Waals surface area contributed by atoms with Gasteiger partial charge in [0.1, 0.15) is 44.7 Å². The van der Waals surface area contributed by atoms with Gasteiger partial charge in [0.15, 0.2) is 11.4 Å². The third-order valence-electron chi connectivity index (χ3n) is 9.40. The predicted octanol–water partition coefficient (Wildman–Crippen LogP) is 7.67. The van der Waals surface area contributed by atoms with E-state index in [2.05, 4.69) is 40.8 Å². The molecule has 0 spiro atoms. The Morgan fingerprint density at radius 1 is 0.710 bits per heavy atom. The van der Waals surface area contributed by atoms with Crippen LogP contribution in [0.1, 0.15) is 17.5 Å². The second-order valence-corrected chi connectivity index (χ2v) is 20.9. The number of carbonyl (C=O) groups is 1. The van der Waals surface area contributed by atoms with Crippen molar-refractivity contribution in [3.8, 4) is 23.1 Å². The number of aromatic hydroxyl groups is 2. The Hall–Kier alpha value is -7.23. The van der Waals surface area contributed by atoms with Crippen molar-refractivity contribution < 1.29 is 76.4 Å². The number of rotatable bonds is 18. The highest BCUT2D eigenvalue weighted by Crippen LogP contribution is 2.44. The van der Waals surface area contributed by atoms with Gasteiger partial charge in [0.25, 0.3) is 46.9 Å². The Bertz CT molecular complexity index is 3750. The van der Waals surface area contributed by atoms with Gasteiger partial charge in [-0.2, -0.15) is 43.5 Å². The fraction of sp³-hybridized carbons (Fsp3) is 0.132. The van der Waals surface area contributed by atoms with Gasteiger partial charge in [0.2, 0.25) is 11.0 Å². The van der Waals surface area contributed by atoms with Crippen LogP contribution >= 0.6 is 11.3 Å². The lowest BCUT2D eigenvalue weighted by molar-refractivity contribution is -0.129. The number of phenolic OH excluding ortho intramolecular Hbond substituents is 1. The van der Waals surface area contributed by atoms with Crippen molar-refractivity contribution in [2.24, 2.45) is 30.7 Å². The average Bonchev–Trinajstić information content (AvgIpc) is 3.86. The molecule has 360 valence electrons. The fourth-order valence-corrected chi connectivity index (χ4v) is 9.75. The summed E-state index contributed by atoms with van der Waals surface area (Å²) in [5, 5.41) is 49.9. The van der Waals surface area contributed by atoms with E-state index in [1.807, 2.05) is 0 Å². The molecule has 0 atom stereocenters. The summed E-state index contributed by atoms with van der Waals surface area (Å²) in [4.78, 5) is 13.1. The number of thiazole rings is 1. The molecule has 7 aromatic rings. The first kappa shape index (κ1) is 49.7. The highest BCUT2D eigenvalue weighted by molar-refractivity contribution is 7.86. The predicted molar refractivity (Wildman–Crippen MR) is 241 cm³/mol. The first-order valence-corrected chi connectivity index (χ1v) is 25.7. The van der Waals surface area contributed by atoms with Gasteiger partial charge in [-0.05, 0) is 85.1 Å². The summed E-state index contributed by atoms with van der Waals surface area (Å²) in [5.41, 5.74) is -0.163. The van der Waals surface area contributed by atoms with Crippen molar-refractivity contribution >= 4 is 113 Å². The number of benzene rings is 5. The molecule has 26 nitrogen and oxygen atoms in total. The zero-order valence-electron chi connectivity index (χ0n) is 34.7. The van der Waals surface area contributed by atoms with Crippen LogP contribution in [-0.2, 0) is 56.6 Å². The fourth-order valence-electron chi connectivity index (χ4n) is 6.32. The molecule has 0 saturated heterocycles. The maximum Gasteiger partial charge on any atom is 0.297 e. The van der Waals surface area contributed by atoms with Gasteiger partial charge in [0.05, 0.1) is 39.5 Å². The largest absolute Gasteiger partial charge is 0.505 e. The maximum absolute atomic E-state index is 12.7. The van der Waals surface area contributed by atoms with Crippen LogP contribution in [0.25, 0.3) is 26.7 Å². The molecule has 0 saturated carbocycles. The number of nitrogens with zero attached hydrogens (tertiary/aromatic N) is 9. The summed E-state index contributed by atoms with van der Waals surface area (Å²) < 4.78 is 146. The molecule has 0 bridgehead atoms. The number of azo groups is 3. The molecule has 0 radical (unpaired) electrons. The van der Waals surface area contributed by atoms with E-state index in [-0.39, 0.29) is 92.0 Å². The summed E-state index contributed by atoms with van der Waals surface area (Å²) in [6.07, 6.45) is 0.872. The van der Waals surface area contributed by atoms with Crippen LogP contribution in [-0.4, -0.2) is 95.7 Å². The number of aryl methyl sites for hydroxylation is 1. The van der Waals surface area contributed by atoms with E-state index >= 15 is 0 Å². The number of hydrogen-bond donors (Lipinski definition) is 6. The summed E-state index contributed by atoms with van der Waals surface area (Å²) in [6, 6.07) is 14.6. The van der Waals surface area contributed by atoms with E-state index in [0.29, 0.717) is 5.56 Å². The highest BCUT2D eigenvalue weighted by atomic mass is 32.2. The normalized spacial score (nSPS) is 12.8.